The normalized spacial score (nSPS) is 13.2. The van der Waals surface area contributed by atoms with Crippen LogP contribution < -0.4 is 5.73 Å². The first kappa shape index (κ1) is 12.1. The van der Waals surface area contributed by atoms with E-state index in [9.17, 15) is 4.39 Å². The third kappa shape index (κ3) is 3.29. The second kappa shape index (κ2) is 5.24. The number of hydrogen-bond acceptors (Lipinski definition) is 2. The third-order valence-electron chi connectivity index (χ3n) is 2.75. The summed E-state index contributed by atoms with van der Waals surface area (Å²) in [4.78, 5) is 2.16. The summed E-state index contributed by atoms with van der Waals surface area (Å²) in [6.45, 7) is 5.30. The Labute approximate surface area is 90.9 Å². The molecule has 0 amide bonds. The number of rotatable bonds is 4. The summed E-state index contributed by atoms with van der Waals surface area (Å²) in [5, 5.41) is 0. The molecule has 84 valence electrons. The van der Waals surface area contributed by atoms with Crippen molar-refractivity contribution in [2.24, 2.45) is 5.73 Å². The molecule has 0 spiro atoms. The highest BCUT2D eigenvalue weighted by molar-refractivity contribution is 5.23. The lowest BCUT2D eigenvalue weighted by Crippen LogP contribution is -2.34. The second-order valence-electron chi connectivity index (χ2n) is 4.08. The van der Waals surface area contributed by atoms with Crippen LogP contribution in [0.3, 0.4) is 0 Å². The Morgan fingerprint density at radius 1 is 1.47 bits per heavy atom. The zero-order valence-electron chi connectivity index (χ0n) is 9.63. The molecule has 0 heterocycles. The molecule has 0 radical (unpaired) electrons. The minimum absolute atomic E-state index is 0.145. The number of halogens is 1. The smallest absolute Gasteiger partial charge is 0.126 e. The van der Waals surface area contributed by atoms with Crippen LogP contribution in [0.4, 0.5) is 4.39 Å². The van der Waals surface area contributed by atoms with Crippen LogP contribution in [0, 0.1) is 12.7 Å². The fourth-order valence-electron chi connectivity index (χ4n) is 1.43. The van der Waals surface area contributed by atoms with Gasteiger partial charge in [-0.1, -0.05) is 12.1 Å². The number of nitrogens with zero attached hydrogens (tertiary/aromatic N) is 1. The molecule has 0 aliphatic rings. The zero-order valence-corrected chi connectivity index (χ0v) is 9.63. The van der Waals surface area contributed by atoms with Crippen LogP contribution in [0.15, 0.2) is 18.2 Å². The van der Waals surface area contributed by atoms with Crippen molar-refractivity contribution in [2.45, 2.75) is 26.4 Å². The Morgan fingerprint density at radius 2 is 2.13 bits per heavy atom. The van der Waals surface area contributed by atoms with Gasteiger partial charge in [-0.15, -0.1) is 0 Å². The maximum atomic E-state index is 13.0. The van der Waals surface area contributed by atoms with Gasteiger partial charge in [0.2, 0.25) is 0 Å². The maximum Gasteiger partial charge on any atom is 0.126 e. The Kier molecular flexibility index (Phi) is 4.24. The summed E-state index contributed by atoms with van der Waals surface area (Å²) >= 11 is 0. The SMILES string of the molecule is Cc1cc(CN(C)C(C)CN)ccc1F. The summed E-state index contributed by atoms with van der Waals surface area (Å²) in [5.74, 6) is -0.145. The lowest BCUT2D eigenvalue weighted by atomic mass is 10.1. The van der Waals surface area contributed by atoms with Gasteiger partial charge in [-0.05, 0) is 38.1 Å². The number of benzene rings is 1. The van der Waals surface area contributed by atoms with E-state index in [0.717, 1.165) is 12.1 Å². The van der Waals surface area contributed by atoms with Crippen molar-refractivity contribution in [3.63, 3.8) is 0 Å². The van der Waals surface area contributed by atoms with Gasteiger partial charge in [-0.2, -0.15) is 0 Å². The van der Waals surface area contributed by atoms with Gasteiger partial charge in [-0.25, -0.2) is 4.39 Å². The summed E-state index contributed by atoms with van der Waals surface area (Å²) in [5.41, 5.74) is 7.40. The minimum Gasteiger partial charge on any atom is -0.329 e. The average molecular weight is 210 g/mol. The van der Waals surface area contributed by atoms with Crippen molar-refractivity contribution < 1.29 is 4.39 Å². The molecule has 0 saturated carbocycles. The molecule has 3 heteroatoms. The third-order valence-corrected chi connectivity index (χ3v) is 2.75. The minimum atomic E-state index is -0.145. The highest BCUT2D eigenvalue weighted by Crippen LogP contribution is 2.11. The van der Waals surface area contributed by atoms with Crippen LogP contribution in [-0.2, 0) is 6.54 Å². The summed E-state index contributed by atoms with van der Waals surface area (Å²) < 4.78 is 13.0. The van der Waals surface area contributed by atoms with Crippen LogP contribution in [0.2, 0.25) is 0 Å². The first-order valence-corrected chi connectivity index (χ1v) is 5.20. The highest BCUT2D eigenvalue weighted by Gasteiger charge is 2.08. The molecular formula is C12H19FN2. The Morgan fingerprint density at radius 3 is 2.67 bits per heavy atom. The Balaban J connectivity index is 2.68. The molecule has 1 aromatic rings. The van der Waals surface area contributed by atoms with Crippen LogP contribution in [0.25, 0.3) is 0 Å². The predicted octanol–water partition coefficient (Wildman–Crippen LogP) is 1.91. The zero-order chi connectivity index (χ0) is 11.4. The van der Waals surface area contributed by atoms with Crippen molar-refractivity contribution in [1.82, 2.24) is 4.90 Å². The molecule has 0 aliphatic carbocycles. The Bertz CT molecular complexity index is 325. The maximum absolute atomic E-state index is 13.0. The van der Waals surface area contributed by atoms with E-state index in [1.54, 1.807) is 6.92 Å². The fourth-order valence-corrected chi connectivity index (χ4v) is 1.43. The molecule has 2 N–H and O–H groups in total. The first-order valence-electron chi connectivity index (χ1n) is 5.20. The van der Waals surface area contributed by atoms with E-state index < -0.39 is 0 Å². The molecule has 15 heavy (non-hydrogen) atoms. The number of nitrogens with two attached hydrogens (primary N) is 1. The molecule has 1 rings (SSSR count). The molecular weight excluding hydrogens is 191 g/mol. The second-order valence-corrected chi connectivity index (χ2v) is 4.08. The van der Waals surface area contributed by atoms with Crippen molar-refractivity contribution >= 4 is 0 Å². The molecule has 1 aromatic carbocycles. The van der Waals surface area contributed by atoms with Crippen LogP contribution in [0.1, 0.15) is 18.1 Å². The average Bonchev–Trinajstić information content (AvgIpc) is 2.22. The van der Waals surface area contributed by atoms with Crippen molar-refractivity contribution in [2.75, 3.05) is 13.6 Å². The largest absolute Gasteiger partial charge is 0.329 e. The van der Waals surface area contributed by atoms with Gasteiger partial charge in [0.15, 0.2) is 0 Å². The standard InChI is InChI=1S/C12H19FN2/c1-9-6-11(4-5-12(9)13)8-15(3)10(2)7-14/h4-6,10H,7-8,14H2,1-3H3. The predicted molar refractivity (Wildman–Crippen MR) is 61.1 cm³/mol. The molecule has 0 aromatic heterocycles. The van der Waals surface area contributed by atoms with Gasteiger partial charge >= 0.3 is 0 Å². The van der Waals surface area contributed by atoms with E-state index in [4.69, 9.17) is 5.73 Å². The highest BCUT2D eigenvalue weighted by atomic mass is 19.1. The van der Waals surface area contributed by atoms with Gasteiger partial charge in [-0.3, -0.25) is 4.90 Å². The molecule has 1 atom stereocenters. The van der Waals surface area contributed by atoms with Crippen LogP contribution >= 0.6 is 0 Å². The topological polar surface area (TPSA) is 29.3 Å². The summed E-state index contributed by atoms with van der Waals surface area (Å²) in [6.07, 6.45) is 0. The van der Waals surface area contributed by atoms with E-state index in [1.165, 1.54) is 6.07 Å². The van der Waals surface area contributed by atoms with E-state index in [0.29, 0.717) is 18.2 Å². The molecule has 1 unspecified atom stereocenters. The van der Waals surface area contributed by atoms with Crippen LogP contribution in [0.5, 0.6) is 0 Å². The molecule has 2 nitrogen and oxygen atoms in total. The van der Waals surface area contributed by atoms with Crippen molar-refractivity contribution in [1.29, 1.82) is 0 Å². The van der Waals surface area contributed by atoms with Gasteiger partial charge in [0.1, 0.15) is 5.82 Å². The number of hydrogen-bond donors (Lipinski definition) is 1. The van der Waals surface area contributed by atoms with Crippen molar-refractivity contribution in [3.8, 4) is 0 Å². The lowest BCUT2D eigenvalue weighted by molar-refractivity contribution is 0.254. The monoisotopic (exact) mass is 210 g/mol. The number of likely N-dealkylation sites (N-methyl/N-ethyl adjacent to an activating group) is 1. The summed E-state index contributed by atoms with van der Waals surface area (Å²) in [6, 6.07) is 5.57. The molecule has 0 bridgehead atoms. The van der Waals surface area contributed by atoms with Gasteiger partial charge in [0.25, 0.3) is 0 Å². The fraction of sp³-hybridized carbons (Fsp3) is 0.500. The quantitative estimate of drug-likeness (QED) is 0.822. The molecule has 0 fully saturated rings. The molecule has 0 aliphatic heterocycles. The van der Waals surface area contributed by atoms with E-state index >= 15 is 0 Å². The van der Waals surface area contributed by atoms with Gasteiger partial charge < -0.3 is 5.73 Å². The lowest BCUT2D eigenvalue weighted by Gasteiger charge is -2.23. The summed E-state index contributed by atoms with van der Waals surface area (Å²) in [7, 11) is 2.02. The molecule has 0 saturated heterocycles. The van der Waals surface area contributed by atoms with Gasteiger partial charge in [0.05, 0.1) is 0 Å². The van der Waals surface area contributed by atoms with E-state index in [1.807, 2.05) is 19.2 Å². The van der Waals surface area contributed by atoms with E-state index in [2.05, 4.69) is 11.8 Å². The first-order chi connectivity index (χ1) is 7.04. The Hall–Kier alpha value is -0.930. The van der Waals surface area contributed by atoms with Gasteiger partial charge in [0, 0.05) is 19.1 Å². The van der Waals surface area contributed by atoms with E-state index in [-0.39, 0.29) is 5.82 Å². The van der Waals surface area contributed by atoms with Crippen LogP contribution in [-0.4, -0.2) is 24.5 Å². The number of aryl methyl sites for hydroxylation is 1. The van der Waals surface area contributed by atoms with Crippen molar-refractivity contribution in [3.05, 3.63) is 35.1 Å².